The first-order valence-corrected chi connectivity index (χ1v) is 5.55. The van der Waals surface area contributed by atoms with Gasteiger partial charge in [0.15, 0.2) is 0 Å². The van der Waals surface area contributed by atoms with Crippen molar-refractivity contribution < 1.29 is 9.18 Å². The topological polar surface area (TPSA) is 32.3 Å². The van der Waals surface area contributed by atoms with Crippen LogP contribution in [-0.2, 0) is 0 Å². The number of anilines is 1. The summed E-state index contributed by atoms with van der Waals surface area (Å²) in [4.78, 5) is 13.4. The molecule has 1 heterocycles. The van der Waals surface area contributed by atoms with Crippen LogP contribution in [0.3, 0.4) is 0 Å². The zero-order chi connectivity index (χ0) is 11.5. The fourth-order valence-electron chi connectivity index (χ4n) is 1.71. The lowest BCUT2D eigenvalue weighted by molar-refractivity contribution is 0.222. The van der Waals surface area contributed by atoms with Crippen molar-refractivity contribution in [3.8, 4) is 0 Å². The van der Waals surface area contributed by atoms with Crippen LogP contribution in [0.5, 0.6) is 0 Å². The Morgan fingerprint density at radius 2 is 2.06 bits per heavy atom. The number of benzene rings is 1. The average Bonchev–Trinajstić information content (AvgIpc) is 2.75. The number of rotatable bonds is 1. The van der Waals surface area contributed by atoms with Crippen LogP contribution in [0.15, 0.2) is 18.2 Å². The van der Waals surface area contributed by atoms with Crippen LogP contribution in [0.1, 0.15) is 12.8 Å². The van der Waals surface area contributed by atoms with E-state index in [0.29, 0.717) is 5.69 Å². The van der Waals surface area contributed by atoms with Gasteiger partial charge in [0, 0.05) is 13.1 Å². The van der Waals surface area contributed by atoms with E-state index in [2.05, 4.69) is 5.32 Å². The Labute approximate surface area is 98.2 Å². The molecule has 0 saturated carbocycles. The van der Waals surface area contributed by atoms with Gasteiger partial charge in [-0.25, -0.2) is 9.18 Å². The third-order valence-electron chi connectivity index (χ3n) is 2.57. The minimum atomic E-state index is -0.413. The molecule has 0 spiro atoms. The second kappa shape index (κ2) is 4.70. The van der Waals surface area contributed by atoms with E-state index in [4.69, 9.17) is 11.6 Å². The molecule has 1 aromatic carbocycles. The predicted molar refractivity (Wildman–Crippen MR) is 61.2 cm³/mol. The van der Waals surface area contributed by atoms with E-state index < -0.39 is 5.82 Å². The molecule has 1 fully saturated rings. The summed E-state index contributed by atoms with van der Waals surface area (Å²) >= 11 is 5.81. The van der Waals surface area contributed by atoms with Gasteiger partial charge in [-0.15, -0.1) is 0 Å². The number of hydrogen-bond donors (Lipinski definition) is 1. The molecule has 0 unspecified atom stereocenters. The Morgan fingerprint density at radius 3 is 2.69 bits per heavy atom. The molecule has 3 nitrogen and oxygen atoms in total. The number of hydrogen-bond acceptors (Lipinski definition) is 1. The van der Waals surface area contributed by atoms with E-state index in [1.165, 1.54) is 18.2 Å². The first kappa shape index (κ1) is 11.2. The molecule has 1 aliphatic heterocycles. The molecule has 0 atom stereocenters. The number of nitrogens with zero attached hydrogens (tertiary/aromatic N) is 1. The quantitative estimate of drug-likeness (QED) is 0.806. The van der Waals surface area contributed by atoms with Crippen LogP contribution < -0.4 is 5.32 Å². The van der Waals surface area contributed by atoms with Crippen molar-refractivity contribution >= 4 is 23.3 Å². The van der Waals surface area contributed by atoms with Crippen molar-refractivity contribution in [1.29, 1.82) is 0 Å². The van der Waals surface area contributed by atoms with Gasteiger partial charge in [0.1, 0.15) is 5.82 Å². The molecule has 0 bridgehead atoms. The highest BCUT2D eigenvalue weighted by Gasteiger charge is 2.18. The van der Waals surface area contributed by atoms with Crippen molar-refractivity contribution in [1.82, 2.24) is 4.90 Å². The maximum absolute atomic E-state index is 12.8. The van der Waals surface area contributed by atoms with Crippen molar-refractivity contribution in [3.63, 3.8) is 0 Å². The van der Waals surface area contributed by atoms with Crippen molar-refractivity contribution in [2.75, 3.05) is 18.4 Å². The molecule has 1 aliphatic rings. The summed E-state index contributed by atoms with van der Waals surface area (Å²) in [6.45, 7) is 1.54. The lowest BCUT2D eigenvalue weighted by Crippen LogP contribution is -2.32. The number of urea groups is 1. The summed E-state index contributed by atoms with van der Waals surface area (Å²) in [7, 11) is 0. The maximum atomic E-state index is 12.8. The molecule has 1 aromatic rings. The van der Waals surface area contributed by atoms with Gasteiger partial charge in [0.2, 0.25) is 0 Å². The Morgan fingerprint density at radius 1 is 1.38 bits per heavy atom. The lowest BCUT2D eigenvalue weighted by Gasteiger charge is -2.16. The zero-order valence-electron chi connectivity index (χ0n) is 8.67. The molecule has 16 heavy (non-hydrogen) atoms. The van der Waals surface area contributed by atoms with E-state index in [1.54, 1.807) is 4.90 Å². The average molecular weight is 243 g/mol. The summed E-state index contributed by atoms with van der Waals surface area (Å²) in [5, 5.41) is 2.88. The summed E-state index contributed by atoms with van der Waals surface area (Å²) in [6, 6.07) is 3.74. The Hall–Kier alpha value is -1.29. The second-order valence-electron chi connectivity index (χ2n) is 3.75. The van der Waals surface area contributed by atoms with Crippen LogP contribution in [0.2, 0.25) is 5.02 Å². The summed E-state index contributed by atoms with van der Waals surface area (Å²) in [6.07, 6.45) is 2.06. The van der Waals surface area contributed by atoms with Gasteiger partial charge >= 0.3 is 6.03 Å². The van der Waals surface area contributed by atoms with Gasteiger partial charge in [-0.05, 0) is 31.0 Å². The monoisotopic (exact) mass is 242 g/mol. The minimum absolute atomic E-state index is 0.175. The van der Waals surface area contributed by atoms with E-state index in [-0.39, 0.29) is 11.1 Å². The second-order valence-corrected chi connectivity index (χ2v) is 4.16. The fraction of sp³-hybridized carbons (Fsp3) is 0.364. The van der Waals surface area contributed by atoms with Crippen LogP contribution in [-0.4, -0.2) is 24.0 Å². The number of nitrogens with one attached hydrogen (secondary N) is 1. The van der Waals surface area contributed by atoms with Crippen LogP contribution in [0.4, 0.5) is 14.9 Å². The van der Waals surface area contributed by atoms with Crippen LogP contribution in [0.25, 0.3) is 0 Å². The first-order valence-electron chi connectivity index (χ1n) is 5.18. The van der Waals surface area contributed by atoms with Gasteiger partial charge in [-0.2, -0.15) is 0 Å². The lowest BCUT2D eigenvalue weighted by atomic mass is 10.3. The fourth-order valence-corrected chi connectivity index (χ4v) is 1.92. The summed E-state index contributed by atoms with van der Waals surface area (Å²) in [5.41, 5.74) is 0.444. The molecular formula is C11H12ClFN2O. The van der Waals surface area contributed by atoms with Crippen molar-refractivity contribution in [2.45, 2.75) is 12.8 Å². The van der Waals surface area contributed by atoms with Gasteiger partial charge in [0.25, 0.3) is 0 Å². The summed E-state index contributed by atoms with van der Waals surface area (Å²) in [5.74, 6) is -0.413. The normalized spacial score (nSPS) is 15.2. The van der Waals surface area contributed by atoms with Crippen LogP contribution >= 0.6 is 11.6 Å². The predicted octanol–water partition coefficient (Wildman–Crippen LogP) is 3.11. The number of carbonyl (C=O) groups excluding carboxylic acids is 1. The Bertz CT molecular complexity index is 405. The third kappa shape index (κ3) is 2.44. The first-order chi connectivity index (χ1) is 7.66. The molecule has 0 aliphatic carbocycles. The van der Waals surface area contributed by atoms with Gasteiger partial charge in [0.05, 0.1) is 10.7 Å². The molecule has 5 heteroatoms. The number of carbonyl (C=O) groups is 1. The molecule has 86 valence electrons. The maximum Gasteiger partial charge on any atom is 0.321 e. The number of likely N-dealkylation sites (tertiary alicyclic amines) is 1. The highest BCUT2D eigenvalue weighted by molar-refractivity contribution is 6.33. The number of amides is 2. The van der Waals surface area contributed by atoms with Crippen LogP contribution in [0, 0.1) is 5.82 Å². The van der Waals surface area contributed by atoms with Crippen molar-refractivity contribution in [2.24, 2.45) is 0 Å². The summed E-state index contributed by atoms with van der Waals surface area (Å²) < 4.78 is 12.8. The van der Waals surface area contributed by atoms with E-state index in [9.17, 15) is 9.18 Å². The molecular weight excluding hydrogens is 231 g/mol. The molecule has 1 saturated heterocycles. The minimum Gasteiger partial charge on any atom is -0.325 e. The Kier molecular flexibility index (Phi) is 3.29. The molecule has 2 amide bonds. The number of halogens is 2. The molecule has 2 rings (SSSR count). The molecule has 0 aromatic heterocycles. The van der Waals surface area contributed by atoms with E-state index in [0.717, 1.165) is 25.9 Å². The van der Waals surface area contributed by atoms with Gasteiger partial charge < -0.3 is 10.2 Å². The van der Waals surface area contributed by atoms with Gasteiger partial charge in [-0.3, -0.25) is 0 Å². The largest absolute Gasteiger partial charge is 0.325 e. The smallest absolute Gasteiger partial charge is 0.321 e. The zero-order valence-corrected chi connectivity index (χ0v) is 9.43. The van der Waals surface area contributed by atoms with Crippen molar-refractivity contribution in [3.05, 3.63) is 29.0 Å². The Balaban J connectivity index is 2.05. The standard InChI is InChI=1S/C11H12ClFN2O/c12-9-7-8(13)3-4-10(9)14-11(16)15-5-1-2-6-15/h3-4,7H,1-2,5-6H2,(H,14,16). The van der Waals surface area contributed by atoms with E-state index in [1.807, 2.05) is 0 Å². The molecule has 1 N–H and O–H groups in total. The third-order valence-corrected chi connectivity index (χ3v) is 2.88. The van der Waals surface area contributed by atoms with Gasteiger partial charge in [-0.1, -0.05) is 11.6 Å². The SMILES string of the molecule is O=C(Nc1ccc(F)cc1Cl)N1CCCC1. The highest BCUT2D eigenvalue weighted by atomic mass is 35.5. The van der Waals surface area contributed by atoms with E-state index >= 15 is 0 Å². The highest BCUT2D eigenvalue weighted by Crippen LogP contribution is 2.23. The molecule has 0 radical (unpaired) electrons.